The molecule has 2 amide bonds. The molecule has 0 unspecified atom stereocenters. The van der Waals surface area contributed by atoms with Crippen LogP contribution in [0.25, 0.3) is 0 Å². The van der Waals surface area contributed by atoms with E-state index in [4.69, 9.17) is 9.47 Å². The third-order valence-electron chi connectivity index (χ3n) is 4.78. The molecular formula is C28H52N2O4. The summed E-state index contributed by atoms with van der Waals surface area (Å²) >= 11 is 0. The van der Waals surface area contributed by atoms with E-state index in [9.17, 15) is 9.59 Å². The van der Waals surface area contributed by atoms with E-state index >= 15 is 0 Å². The number of rotatable bonds is 13. The largest absolute Gasteiger partial charge is 0.442 e. The molecule has 0 aliphatic carbocycles. The van der Waals surface area contributed by atoms with E-state index in [0.29, 0.717) is 6.42 Å². The highest BCUT2D eigenvalue weighted by molar-refractivity contribution is 5.77. The van der Waals surface area contributed by atoms with Crippen LogP contribution in [0, 0.1) is 0 Å². The Morgan fingerprint density at radius 2 is 1.26 bits per heavy atom. The molecule has 6 heteroatoms. The monoisotopic (exact) mass is 480 g/mol. The predicted molar refractivity (Wildman–Crippen MR) is 141 cm³/mol. The second-order valence-electron chi connectivity index (χ2n) is 10.8. The Kier molecular flexibility index (Phi) is 15.6. The van der Waals surface area contributed by atoms with Gasteiger partial charge in [0.15, 0.2) is 0 Å². The van der Waals surface area contributed by atoms with Gasteiger partial charge in [-0.05, 0) is 67.2 Å². The number of ether oxygens (including phenoxy) is 2. The van der Waals surface area contributed by atoms with E-state index in [2.05, 4.69) is 20.8 Å². The zero-order valence-electron chi connectivity index (χ0n) is 23.5. The number of hydrazine groups is 1. The highest BCUT2D eigenvalue weighted by Crippen LogP contribution is 2.23. The highest BCUT2D eigenvalue weighted by atomic mass is 16.6. The van der Waals surface area contributed by atoms with Crippen molar-refractivity contribution >= 4 is 12.2 Å². The van der Waals surface area contributed by atoms with E-state index in [1.54, 1.807) is 6.20 Å². The van der Waals surface area contributed by atoms with Crippen molar-refractivity contribution in [1.29, 1.82) is 0 Å². The molecule has 0 radical (unpaired) electrons. The Morgan fingerprint density at radius 1 is 0.706 bits per heavy atom. The van der Waals surface area contributed by atoms with E-state index < -0.39 is 23.4 Å². The second kappa shape index (κ2) is 16.6. The summed E-state index contributed by atoms with van der Waals surface area (Å²) in [6.07, 6.45) is 15.7. The van der Waals surface area contributed by atoms with Crippen LogP contribution in [0.1, 0.15) is 133 Å². The molecule has 34 heavy (non-hydrogen) atoms. The zero-order chi connectivity index (χ0) is 26.2. The second-order valence-corrected chi connectivity index (χ2v) is 10.8. The average Bonchev–Trinajstić information content (AvgIpc) is 2.70. The number of allylic oxidation sites excluding steroid dienone is 3. The van der Waals surface area contributed by atoms with Crippen molar-refractivity contribution < 1.29 is 19.1 Å². The average molecular weight is 481 g/mol. The lowest BCUT2D eigenvalue weighted by Gasteiger charge is -2.36. The summed E-state index contributed by atoms with van der Waals surface area (Å²) < 4.78 is 11.4. The lowest BCUT2D eigenvalue weighted by Crippen LogP contribution is -2.49. The molecule has 0 saturated carbocycles. The first kappa shape index (κ1) is 32.0. The lowest BCUT2D eigenvalue weighted by molar-refractivity contribution is -0.0334. The minimum absolute atomic E-state index is 0.585. The van der Waals surface area contributed by atoms with Crippen molar-refractivity contribution in [2.24, 2.45) is 0 Å². The smallest absolute Gasteiger partial charge is 0.434 e. The molecule has 0 aromatic heterocycles. The van der Waals surface area contributed by atoms with Crippen molar-refractivity contribution in [2.75, 3.05) is 0 Å². The highest BCUT2D eigenvalue weighted by Gasteiger charge is 2.34. The molecule has 0 heterocycles. The standard InChI is InChI=1S/C28H52N2O4/c1-10-13-15-16-17-18-19-20-23-29(25(31)33-27(4,5)6)30(26(32)34-28(7,8)9)24(21-12-3)22-14-11-2/h20,22-23H,10-19,21H2,1-9H3/b23-20+,24-22+. The van der Waals surface area contributed by atoms with Crippen molar-refractivity contribution in [3.8, 4) is 0 Å². The molecule has 0 N–H and O–H groups in total. The number of hydrogen-bond acceptors (Lipinski definition) is 4. The first-order valence-corrected chi connectivity index (χ1v) is 13.3. The SMILES string of the molecule is CCC/C=C(\CCC)N(C(=O)OC(C)(C)C)N(/C=C/CCCCCCCC)C(=O)OC(C)(C)C. The van der Waals surface area contributed by atoms with Crippen LogP contribution in [0.2, 0.25) is 0 Å². The summed E-state index contributed by atoms with van der Waals surface area (Å²) in [6.45, 7) is 17.3. The van der Waals surface area contributed by atoms with Gasteiger partial charge in [0.1, 0.15) is 11.2 Å². The minimum atomic E-state index is -0.695. The lowest BCUT2D eigenvalue weighted by atomic mass is 10.1. The topological polar surface area (TPSA) is 59.1 Å². The normalized spacial score (nSPS) is 12.7. The molecule has 0 spiro atoms. The molecule has 0 bridgehead atoms. The Morgan fingerprint density at radius 3 is 1.79 bits per heavy atom. The summed E-state index contributed by atoms with van der Waals surface area (Å²) in [5.74, 6) is 0. The van der Waals surface area contributed by atoms with Crippen molar-refractivity contribution in [3.63, 3.8) is 0 Å². The van der Waals surface area contributed by atoms with Gasteiger partial charge in [-0.2, -0.15) is 10.0 Å². The van der Waals surface area contributed by atoms with Gasteiger partial charge in [-0.25, -0.2) is 9.59 Å². The van der Waals surface area contributed by atoms with Crippen LogP contribution in [-0.2, 0) is 9.47 Å². The quantitative estimate of drug-likeness (QED) is 0.195. The van der Waals surface area contributed by atoms with Gasteiger partial charge in [0, 0.05) is 11.9 Å². The molecule has 0 aromatic carbocycles. The third-order valence-corrected chi connectivity index (χ3v) is 4.78. The maximum Gasteiger partial charge on any atom is 0.434 e. The van der Waals surface area contributed by atoms with Crippen LogP contribution >= 0.6 is 0 Å². The molecule has 0 fully saturated rings. The molecule has 0 saturated heterocycles. The van der Waals surface area contributed by atoms with Crippen LogP contribution < -0.4 is 0 Å². The number of unbranched alkanes of at least 4 members (excludes halogenated alkanes) is 7. The summed E-state index contributed by atoms with van der Waals surface area (Å²) in [7, 11) is 0. The maximum absolute atomic E-state index is 13.4. The van der Waals surface area contributed by atoms with Gasteiger partial charge in [-0.15, -0.1) is 0 Å². The summed E-state index contributed by atoms with van der Waals surface area (Å²) in [5.41, 5.74) is -0.645. The van der Waals surface area contributed by atoms with Gasteiger partial charge < -0.3 is 9.47 Å². The maximum atomic E-state index is 13.4. The number of carbonyl (C=O) groups excluding carboxylic acids is 2. The van der Waals surface area contributed by atoms with Gasteiger partial charge in [-0.1, -0.05) is 77.9 Å². The number of nitrogens with zero attached hydrogens (tertiary/aromatic N) is 2. The van der Waals surface area contributed by atoms with E-state index in [1.807, 2.05) is 53.7 Å². The van der Waals surface area contributed by atoms with E-state index in [0.717, 1.165) is 44.2 Å². The van der Waals surface area contributed by atoms with Gasteiger partial charge in [-0.3, -0.25) is 0 Å². The van der Waals surface area contributed by atoms with Crippen molar-refractivity contribution in [1.82, 2.24) is 10.0 Å². The molecule has 6 nitrogen and oxygen atoms in total. The fourth-order valence-electron chi connectivity index (χ4n) is 3.25. The molecule has 0 aromatic rings. The molecule has 198 valence electrons. The number of hydrogen-bond donors (Lipinski definition) is 0. The Balaban J connectivity index is 5.97. The molecular weight excluding hydrogens is 428 g/mol. The molecule has 0 rings (SSSR count). The molecule has 0 aliphatic rings. The number of carbonyl (C=O) groups is 2. The summed E-state index contributed by atoms with van der Waals surface area (Å²) in [5, 5.41) is 2.64. The first-order valence-electron chi connectivity index (χ1n) is 13.3. The van der Waals surface area contributed by atoms with Crippen molar-refractivity contribution in [3.05, 3.63) is 24.0 Å². The van der Waals surface area contributed by atoms with Crippen molar-refractivity contribution in [2.45, 2.75) is 144 Å². The van der Waals surface area contributed by atoms with Crippen LogP contribution in [0.15, 0.2) is 24.0 Å². The zero-order valence-corrected chi connectivity index (χ0v) is 23.5. The Hall–Kier alpha value is -1.98. The fourth-order valence-corrected chi connectivity index (χ4v) is 3.25. The summed E-state index contributed by atoms with van der Waals surface area (Å²) in [6, 6.07) is 0. The number of amides is 2. The van der Waals surface area contributed by atoms with Gasteiger partial charge in [0.2, 0.25) is 0 Å². The van der Waals surface area contributed by atoms with Gasteiger partial charge >= 0.3 is 12.2 Å². The fraction of sp³-hybridized carbons (Fsp3) is 0.786. The summed E-state index contributed by atoms with van der Waals surface area (Å²) in [4.78, 5) is 26.6. The molecule has 0 atom stereocenters. The van der Waals surface area contributed by atoms with Crippen LogP contribution in [0.5, 0.6) is 0 Å². The Bertz CT molecular complexity index is 642. The van der Waals surface area contributed by atoms with E-state index in [1.165, 1.54) is 35.7 Å². The predicted octanol–water partition coefficient (Wildman–Crippen LogP) is 9.12. The van der Waals surface area contributed by atoms with Crippen LogP contribution in [0.4, 0.5) is 9.59 Å². The molecule has 0 aliphatic heterocycles. The van der Waals surface area contributed by atoms with E-state index in [-0.39, 0.29) is 0 Å². The third kappa shape index (κ3) is 15.0. The first-order chi connectivity index (χ1) is 15.9. The van der Waals surface area contributed by atoms with Crippen LogP contribution in [0.3, 0.4) is 0 Å². The Labute approximate surface area is 209 Å². The van der Waals surface area contributed by atoms with Gasteiger partial charge in [0.05, 0.1) is 0 Å². The van der Waals surface area contributed by atoms with Crippen LogP contribution in [-0.4, -0.2) is 33.4 Å². The minimum Gasteiger partial charge on any atom is -0.442 e. The van der Waals surface area contributed by atoms with Gasteiger partial charge in [0.25, 0.3) is 0 Å².